The first-order valence-corrected chi connectivity index (χ1v) is 17.7. The van der Waals surface area contributed by atoms with Crippen molar-refractivity contribution in [1.29, 1.82) is 0 Å². The van der Waals surface area contributed by atoms with Crippen molar-refractivity contribution in [2.45, 2.75) is 0 Å². The zero-order valence-corrected chi connectivity index (χ0v) is 19.7. The zero-order valence-electron chi connectivity index (χ0n) is 13.2. The lowest BCUT2D eigenvalue weighted by Crippen LogP contribution is -2.33. The molecule has 3 rings (SSSR count). The molecule has 0 fully saturated rings. The first-order valence-electron chi connectivity index (χ1n) is 7.62. The Labute approximate surface area is 182 Å². The van der Waals surface area contributed by atoms with Crippen molar-refractivity contribution in [3.63, 3.8) is 0 Å². The molecule has 0 radical (unpaired) electrons. The molecule has 0 nitrogen and oxygen atoms in total. The van der Waals surface area contributed by atoms with Gasteiger partial charge in [0.2, 0.25) is 0 Å². The van der Waals surface area contributed by atoms with Crippen molar-refractivity contribution >= 4 is 88.9 Å². The molecular weight excluding hydrogens is 485 g/mol. The van der Waals surface area contributed by atoms with Crippen molar-refractivity contribution in [2.75, 3.05) is 0 Å². The summed E-state index contributed by atoms with van der Waals surface area (Å²) in [5, 5.41) is 1.47. The van der Waals surface area contributed by atoms with Gasteiger partial charge in [-0.2, -0.15) is 0 Å². The normalized spacial score (nSPS) is 12.2. The molecule has 3 aromatic rings. The Morgan fingerprint density at radius 2 is 0.654 bits per heavy atom. The molecule has 134 valence electrons. The van der Waals surface area contributed by atoms with E-state index in [-0.39, 0.29) is 0 Å². The van der Waals surface area contributed by atoms with Crippen LogP contribution < -0.4 is 10.4 Å². The van der Waals surface area contributed by atoms with Crippen LogP contribution in [0.1, 0.15) is 0 Å². The van der Waals surface area contributed by atoms with Gasteiger partial charge in [-0.15, -0.1) is 66.5 Å². The highest BCUT2D eigenvalue weighted by Crippen LogP contribution is 2.35. The molecule has 0 heterocycles. The largest absolute Gasteiger partial charge is 0.373 e. The smallest absolute Gasteiger partial charge is 0.121 e. The van der Waals surface area contributed by atoms with E-state index in [0.717, 1.165) is 32.6 Å². The van der Waals surface area contributed by atoms with E-state index in [0.29, 0.717) is 0 Å². The summed E-state index contributed by atoms with van der Waals surface area (Å²) in [6.45, 7) is 0. The van der Waals surface area contributed by atoms with E-state index in [9.17, 15) is 0 Å². The maximum Gasteiger partial charge on any atom is 0.373 e. The second kappa shape index (κ2) is 8.06. The van der Waals surface area contributed by atoms with Crippen LogP contribution in [0.5, 0.6) is 0 Å². The fraction of sp³-hybridized carbons (Fsp3) is 0. The van der Waals surface area contributed by atoms with Crippen LogP contribution in [0.15, 0.2) is 72.8 Å². The molecule has 0 saturated carbocycles. The molecule has 0 atom stereocenters. The predicted octanol–water partition coefficient (Wildman–Crippen LogP) is 6.75. The molecule has 0 N–H and O–H groups in total. The summed E-state index contributed by atoms with van der Waals surface area (Å²) in [6.07, 6.45) is 0. The van der Waals surface area contributed by atoms with Gasteiger partial charge in [0.25, 0.3) is 0 Å². The monoisotopic (exact) mass is 494 g/mol. The van der Waals surface area contributed by atoms with Gasteiger partial charge < -0.3 is 0 Å². The molecule has 26 heavy (non-hydrogen) atoms. The van der Waals surface area contributed by atoms with Crippen LogP contribution in [-0.2, 0) is 0 Å². The topological polar surface area (TPSA) is 0 Å². The maximum atomic E-state index is 6.33. The third-order valence-corrected chi connectivity index (χ3v) is 9.73. The summed E-state index contributed by atoms with van der Waals surface area (Å²) < 4.78 is 0. The van der Waals surface area contributed by atoms with E-state index in [1.54, 1.807) is 0 Å². The minimum absolute atomic E-state index is 0.737. The highest BCUT2D eigenvalue weighted by molar-refractivity contribution is 7.70. The Morgan fingerprint density at radius 3 is 0.962 bits per heavy atom. The molecule has 0 aromatic heterocycles. The van der Waals surface area contributed by atoms with Crippen molar-refractivity contribution < 1.29 is 0 Å². The van der Waals surface area contributed by atoms with Crippen LogP contribution in [0.4, 0.5) is 0 Å². The molecule has 0 spiro atoms. The molecule has 0 saturated heterocycles. The molecule has 0 aliphatic carbocycles. The molecular formula is C18H12Cl6Si2. The van der Waals surface area contributed by atoms with Crippen LogP contribution in [-0.4, -0.2) is 12.0 Å². The second-order valence-corrected chi connectivity index (χ2v) is 22.4. The number of rotatable bonds is 4. The number of hydrogen-bond acceptors (Lipinski definition) is 0. The Kier molecular flexibility index (Phi) is 6.38. The summed E-state index contributed by atoms with van der Waals surface area (Å²) in [4.78, 5) is 0. The summed E-state index contributed by atoms with van der Waals surface area (Å²) in [7, 11) is 0. The lowest BCUT2D eigenvalue weighted by atomic mass is 9.94. The lowest BCUT2D eigenvalue weighted by Gasteiger charge is -2.20. The van der Waals surface area contributed by atoms with Gasteiger partial charge in [-0.3, -0.25) is 0 Å². The molecule has 0 amide bonds. The second-order valence-electron chi connectivity index (χ2n) is 5.63. The number of hydrogen-bond donors (Lipinski definition) is 0. The van der Waals surface area contributed by atoms with Crippen molar-refractivity contribution in [3.8, 4) is 22.3 Å². The van der Waals surface area contributed by atoms with Crippen molar-refractivity contribution in [3.05, 3.63) is 72.8 Å². The standard InChI is InChI=1S/C18H12Cl6Si2/c19-25(20,21)17-11-5-3-9-15(17)13-7-1-2-8-14(13)16-10-4-6-12-18(16)26(22,23)24/h1-12H. The van der Waals surface area contributed by atoms with Gasteiger partial charge in [-0.05, 0) is 32.6 Å². The van der Waals surface area contributed by atoms with E-state index in [1.165, 1.54) is 0 Å². The molecule has 0 bridgehead atoms. The first-order chi connectivity index (χ1) is 12.2. The van der Waals surface area contributed by atoms with Gasteiger partial charge in [-0.25, -0.2) is 0 Å². The quantitative estimate of drug-likeness (QED) is 0.277. The molecule has 0 aliphatic rings. The van der Waals surface area contributed by atoms with Crippen LogP contribution in [0.3, 0.4) is 0 Å². The average Bonchev–Trinajstić information content (AvgIpc) is 2.60. The number of benzene rings is 3. The van der Waals surface area contributed by atoms with Crippen LogP contribution in [0.25, 0.3) is 22.3 Å². The SMILES string of the molecule is Cl[Si](Cl)(Cl)c1ccccc1-c1ccccc1-c1ccccc1[Si](Cl)(Cl)Cl. The van der Waals surface area contributed by atoms with Gasteiger partial charge in [0, 0.05) is 0 Å². The van der Waals surface area contributed by atoms with Gasteiger partial charge in [-0.1, -0.05) is 72.8 Å². The Morgan fingerprint density at radius 1 is 0.385 bits per heavy atom. The van der Waals surface area contributed by atoms with E-state index in [2.05, 4.69) is 0 Å². The van der Waals surface area contributed by atoms with Gasteiger partial charge in [0.1, 0.15) is 0 Å². The van der Waals surface area contributed by atoms with E-state index < -0.39 is 12.0 Å². The summed E-state index contributed by atoms with van der Waals surface area (Å²) in [6, 6.07) is 17.0. The van der Waals surface area contributed by atoms with Gasteiger partial charge in [0.05, 0.1) is 0 Å². The third-order valence-electron chi connectivity index (χ3n) is 3.97. The Bertz CT molecular complexity index is 855. The minimum atomic E-state index is -3.09. The molecule has 3 aromatic carbocycles. The maximum absolute atomic E-state index is 6.33. The summed E-state index contributed by atoms with van der Waals surface area (Å²) >= 11 is 38.0. The van der Waals surface area contributed by atoms with E-state index in [4.69, 9.17) is 66.5 Å². The van der Waals surface area contributed by atoms with Crippen molar-refractivity contribution in [2.24, 2.45) is 0 Å². The van der Waals surface area contributed by atoms with E-state index in [1.807, 2.05) is 72.8 Å². The minimum Gasteiger partial charge on any atom is -0.121 e. The van der Waals surface area contributed by atoms with Gasteiger partial charge in [0.15, 0.2) is 0 Å². The van der Waals surface area contributed by atoms with Gasteiger partial charge >= 0.3 is 12.0 Å². The van der Waals surface area contributed by atoms with Crippen LogP contribution in [0, 0.1) is 0 Å². The summed E-state index contributed by atoms with van der Waals surface area (Å²) in [5.41, 5.74) is 3.65. The van der Waals surface area contributed by atoms with Crippen LogP contribution in [0.2, 0.25) is 0 Å². The lowest BCUT2D eigenvalue weighted by molar-refractivity contribution is 1.61. The summed E-state index contributed by atoms with van der Waals surface area (Å²) in [5.74, 6) is 0. The molecule has 8 heteroatoms. The Hall–Kier alpha value is -0.166. The highest BCUT2D eigenvalue weighted by Gasteiger charge is 2.33. The molecule has 0 unspecified atom stereocenters. The fourth-order valence-corrected chi connectivity index (χ4v) is 7.47. The average molecular weight is 497 g/mol. The fourth-order valence-electron chi connectivity index (χ4n) is 2.88. The molecule has 0 aliphatic heterocycles. The van der Waals surface area contributed by atoms with Crippen LogP contribution >= 0.6 is 66.5 Å². The Balaban J connectivity index is 2.29. The highest BCUT2D eigenvalue weighted by atomic mass is 35.8. The van der Waals surface area contributed by atoms with Crippen molar-refractivity contribution in [1.82, 2.24) is 0 Å². The number of halogens is 6. The zero-order chi connectivity index (χ0) is 18.9. The predicted molar refractivity (Wildman–Crippen MR) is 123 cm³/mol. The van der Waals surface area contributed by atoms with E-state index >= 15 is 0 Å². The first kappa shape index (κ1) is 20.6. The third kappa shape index (κ3) is 4.45.